The molecule has 1 aliphatic rings. The number of hydrogen-bond donors (Lipinski definition) is 1. The number of halogens is 2. The van der Waals surface area contributed by atoms with Crippen LogP contribution in [-0.4, -0.2) is 42.1 Å². The quantitative estimate of drug-likeness (QED) is 0.931. The number of rotatable bonds is 3. The third kappa shape index (κ3) is 3.98. The first kappa shape index (κ1) is 15.9. The highest BCUT2D eigenvalue weighted by Crippen LogP contribution is 2.17. The molecule has 4 nitrogen and oxygen atoms in total. The molecule has 1 saturated heterocycles. The van der Waals surface area contributed by atoms with Crippen LogP contribution in [0, 0.1) is 11.6 Å². The third-order valence-electron chi connectivity index (χ3n) is 3.56. The van der Waals surface area contributed by atoms with E-state index in [0.29, 0.717) is 13.1 Å². The highest BCUT2D eigenvalue weighted by molar-refractivity contribution is 5.94. The van der Waals surface area contributed by atoms with Crippen LogP contribution in [0.1, 0.15) is 20.8 Å². The molecule has 6 heteroatoms. The molecule has 0 bridgehead atoms. The lowest BCUT2D eigenvalue weighted by atomic mass is 10.1. The van der Waals surface area contributed by atoms with Gasteiger partial charge in [-0.3, -0.25) is 9.69 Å². The van der Waals surface area contributed by atoms with Gasteiger partial charge in [0.05, 0.1) is 18.2 Å². The second-order valence-corrected chi connectivity index (χ2v) is 5.51. The second kappa shape index (κ2) is 6.49. The van der Waals surface area contributed by atoms with Gasteiger partial charge in [0.1, 0.15) is 0 Å². The van der Waals surface area contributed by atoms with E-state index in [2.05, 4.69) is 5.32 Å². The van der Waals surface area contributed by atoms with Gasteiger partial charge in [-0.25, -0.2) is 8.78 Å². The number of carbonyl (C=O) groups excluding carboxylic acids is 1. The summed E-state index contributed by atoms with van der Waals surface area (Å²) in [6, 6.07) is 2.94. The monoisotopic (exact) mass is 298 g/mol. The second-order valence-electron chi connectivity index (χ2n) is 5.51. The molecule has 1 aromatic carbocycles. The Morgan fingerprint density at radius 3 is 2.48 bits per heavy atom. The van der Waals surface area contributed by atoms with Gasteiger partial charge in [0, 0.05) is 24.8 Å². The highest BCUT2D eigenvalue weighted by Gasteiger charge is 2.29. The Labute approximate surface area is 123 Å². The maximum atomic E-state index is 13.1. The van der Waals surface area contributed by atoms with Crippen molar-refractivity contribution in [2.24, 2.45) is 0 Å². The largest absolute Gasteiger partial charge is 0.373 e. The smallest absolute Gasteiger partial charge is 0.241 e. The SMILES string of the molecule is C[C@H]1CN([C@@H](C)C(=O)Nc2ccc(F)c(F)c2)C[C@H](C)O1. The molecular weight excluding hydrogens is 278 g/mol. The standard InChI is InChI=1S/C15H20F2N2O2/c1-9-7-19(8-10(2)21-9)11(3)15(20)18-12-4-5-13(16)14(17)6-12/h4-6,9-11H,7-8H2,1-3H3,(H,18,20)/t9-,10-,11-/m0/s1. The zero-order valence-electron chi connectivity index (χ0n) is 12.4. The first-order valence-corrected chi connectivity index (χ1v) is 7.02. The van der Waals surface area contributed by atoms with Crippen LogP contribution in [0.5, 0.6) is 0 Å². The molecule has 0 spiro atoms. The van der Waals surface area contributed by atoms with E-state index in [-0.39, 0.29) is 29.8 Å². The molecule has 2 rings (SSSR count). The molecule has 1 fully saturated rings. The Balaban J connectivity index is 2.00. The van der Waals surface area contributed by atoms with Crippen molar-refractivity contribution in [2.75, 3.05) is 18.4 Å². The van der Waals surface area contributed by atoms with Crippen LogP contribution >= 0.6 is 0 Å². The van der Waals surface area contributed by atoms with Crippen molar-refractivity contribution in [2.45, 2.75) is 39.0 Å². The van der Waals surface area contributed by atoms with Crippen LogP contribution in [0.2, 0.25) is 0 Å². The lowest BCUT2D eigenvalue weighted by Crippen LogP contribution is -2.52. The molecule has 0 saturated carbocycles. The van der Waals surface area contributed by atoms with E-state index >= 15 is 0 Å². The van der Waals surface area contributed by atoms with Gasteiger partial charge in [0.25, 0.3) is 0 Å². The predicted molar refractivity (Wildman–Crippen MR) is 76.0 cm³/mol. The number of anilines is 1. The first-order chi connectivity index (χ1) is 9.86. The summed E-state index contributed by atoms with van der Waals surface area (Å²) in [4.78, 5) is 14.2. The highest BCUT2D eigenvalue weighted by atomic mass is 19.2. The minimum Gasteiger partial charge on any atom is -0.373 e. The number of ether oxygens (including phenoxy) is 1. The summed E-state index contributed by atoms with van der Waals surface area (Å²) in [6.07, 6.45) is 0.125. The minimum atomic E-state index is -0.978. The number of morpholine rings is 1. The average molecular weight is 298 g/mol. The molecule has 1 amide bonds. The number of benzene rings is 1. The molecule has 116 valence electrons. The third-order valence-corrected chi connectivity index (χ3v) is 3.56. The van der Waals surface area contributed by atoms with E-state index < -0.39 is 11.6 Å². The topological polar surface area (TPSA) is 41.6 Å². The molecule has 1 heterocycles. The number of hydrogen-bond acceptors (Lipinski definition) is 3. The fourth-order valence-electron chi connectivity index (χ4n) is 2.52. The minimum absolute atomic E-state index is 0.0623. The number of carbonyl (C=O) groups is 1. The molecule has 1 aliphatic heterocycles. The van der Waals surface area contributed by atoms with E-state index in [1.807, 2.05) is 18.7 Å². The van der Waals surface area contributed by atoms with Gasteiger partial charge in [-0.05, 0) is 32.9 Å². The molecule has 3 atom stereocenters. The maximum Gasteiger partial charge on any atom is 0.241 e. The molecule has 0 aliphatic carbocycles. The van der Waals surface area contributed by atoms with E-state index in [9.17, 15) is 13.6 Å². The van der Waals surface area contributed by atoms with Crippen LogP contribution in [0.4, 0.5) is 14.5 Å². The molecule has 0 aromatic heterocycles. The first-order valence-electron chi connectivity index (χ1n) is 7.02. The van der Waals surface area contributed by atoms with Gasteiger partial charge >= 0.3 is 0 Å². The molecule has 1 N–H and O–H groups in total. The zero-order chi connectivity index (χ0) is 15.6. The lowest BCUT2D eigenvalue weighted by molar-refractivity contribution is -0.126. The van der Waals surface area contributed by atoms with Gasteiger partial charge in [0.2, 0.25) is 5.91 Å². The molecule has 0 unspecified atom stereocenters. The van der Waals surface area contributed by atoms with Gasteiger partial charge in [-0.2, -0.15) is 0 Å². The fraction of sp³-hybridized carbons (Fsp3) is 0.533. The predicted octanol–water partition coefficient (Wildman–Crippen LogP) is 2.40. The Morgan fingerprint density at radius 2 is 1.90 bits per heavy atom. The summed E-state index contributed by atoms with van der Waals surface area (Å²) >= 11 is 0. The van der Waals surface area contributed by atoms with Crippen molar-refractivity contribution in [1.29, 1.82) is 0 Å². The lowest BCUT2D eigenvalue weighted by Gasteiger charge is -2.38. The van der Waals surface area contributed by atoms with E-state index in [1.54, 1.807) is 6.92 Å². The van der Waals surface area contributed by atoms with Crippen LogP contribution in [0.3, 0.4) is 0 Å². The van der Waals surface area contributed by atoms with Gasteiger partial charge in [-0.15, -0.1) is 0 Å². The van der Waals surface area contributed by atoms with E-state index in [1.165, 1.54) is 6.07 Å². The van der Waals surface area contributed by atoms with Gasteiger partial charge in [0.15, 0.2) is 11.6 Å². The maximum absolute atomic E-state index is 13.1. The number of nitrogens with one attached hydrogen (secondary N) is 1. The summed E-state index contributed by atoms with van der Waals surface area (Å²) in [5.41, 5.74) is 0.250. The van der Waals surface area contributed by atoms with Crippen LogP contribution in [0.15, 0.2) is 18.2 Å². The normalized spacial score (nSPS) is 24.6. The van der Waals surface area contributed by atoms with Gasteiger partial charge < -0.3 is 10.1 Å². The number of amides is 1. The Morgan fingerprint density at radius 1 is 1.29 bits per heavy atom. The molecule has 21 heavy (non-hydrogen) atoms. The van der Waals surface area contributed by atoms with Crippen LogP contribution in [0.25, 0.3) is 0 Å². The molecule has 1 aromatic rings. The zero-order valence-corrected chi connectivity index (χ0v) is 12.4. The summed E-state index contributed by atoms with van der Waals surface area (Å²) < 4.78 is 31.6. The van der Waals surface area contributed by atoms with Crippen molar-refractivity contribution in [3.05, 3.63) is 29.8 Å². The van der Waals surface area contributed by atoms with Crippen molar-refractivity contribution in [3.63, 3.8) is 0 Å². The fourth-order valence-corrected chi connectivity index (χ4v) is 2.52. The van der Waals surface area contributed by atoms with Crippen molar-refractivity contribution >= 4 is 11.6 Å². The summed E-state index contributed by atoms with van der Waals surface area (Å²) in [7, 11) is 0. The van der Waals surface area contributed by atoms with Gasteiger partial charge in [-0.1, -0.05) is 0 Å². The Kier molecular flexibility index (Phi) is 4.90. The summed E-state index contributed by atoms with van der Waals surface area (Å²) in [5.74, 6) is -2.16. The molecule has 0 radical (unpaired) electrons. The average Bonchev–Trinajstić information content (AvgIpc) is 2.41. The van der Waals surface area contributed by atoms with E-state index in [4.69, 9.17) is 4.74 Å². The van der Waals surface area contributed by atoms with Crippen molar-refractivity contribution < 1.29 is 18.3 Å². The van der Waals surface area contributed by atoms with Crippen molar-refractivity contribution in [1.82, 2.24) is 4.90 Å². The Bertz CT molecular complexity index is 514. The summed E-state index contributed by atoms with van der Waals surface area (Å²) in [5, 5.41) is 2.61. The van der Waals surface area contributed by atoms with Crippen LogP contribution in [-0.2, 0) is 9.53 Å². The van der Waals surface area contributed by atoms with E-state index in [0.717, 1.165) is 12.1 Å². The molecular formula is C15H20F2N2O2. The van der Waals surface area contributed by atoms with Crippen molar-refractivity contribution in [3.8, 4) is 0 Å². The number of nitrogens with zero attached hydrogens (tertiary/aromatic N) is 1. The summed E-state index contributed by atoms with van der Waals surface area (Å²) in [6.45, 7) is 7.04. The van der Waals surface area contributed by atoms with Crippen LogP contribution < -0.4 is 5.32 Å². The Hall–Kier alpha value is -1.53.